The van der Waals surface area contributed by atoms with Crippen molar-refractivity contribution >= 4 is 31.9 Å². The largest absolute Gasteiger partial charge is 0.365 e. The molecule has 0 heterocycles. The Morgan fingerprint density at radius 3 is 1.03 bits per heavy atom. The average Bonchev–Trinajstić information content (AvgIpc) is 2.92. The van der Waals surface area contributed by atoms with Crippen LogP contribution in [0.3, 0.4) is 0 Å². The molecule has 3 heteroatoms. The Bertz CT molecular complexity index is 1360. The molecule has 0 amide bonds. The van der Waals surface area contributed by atoms with Gasteiger partial charge < -0.3 is 4.74 Å². The first-order valence-electron chi connectivity index (χ1n) is 12.6. The van der Waals surface area contributed by atoms with E-state index in [1.807, 2.05) is 0 Å². The summed E-state index contributed by atoms with van der Waals surface area (Å²) in [5.74, 6) is 0. The van der Waals surface area contributed by atoms with Crippen LogP contribution in [0.5, 0.6) is 0 Å². The number of methoxy groups -OCH3 is 1. The van der Waals surface area contributed by atoms with Crippen molar-refractivity contribution in [3.8, 4) is 0 Å². The molecule has 1 nitrogen and oxygen atoms in total. The van der Waals surface area contributed by atoms with Gasteiger partial charge in [-0.15, -0.1) is 0 Å². The fourth-order valence-electron chi connectivity index (χ4n) is 5.24. The second-order valence-corrected chi connectivity index (χ2v) is 12.6. The summed E-state index contributed by atoms with van der Waals surface area (Å²) in [6.07, 6.45) is 18.3. The van der Waals surface area contributed by atoms with Crippen molar-refractivity contribution in [1.82, 2.24) is 0 Å². The highest BCUT2D eigenvalue weighted by molar-refractivity contribution is 9.10. The van der Waals surface area contributed by atoms with Crippen LogP contribution in [0.1, 0.15) is 43.0 Å². The molecule has 0 bridgehead atoms. The van der Waals surface area contributed by atoms with E-state index < -0.39 is 5.60 Å². The SMILES string of the molecule is COC1(c2ccc(Br)cc2)C=CC(C)(c2ccc(C3(C)C=CC(C)(c4ccc(Br)cc4)C=C3)cc2)C=C1. The molecule has 2 aliphatic carbocycles. The van der Waals surface area contributed by atoms with Crippen molar-refractivity contribution in [3.63, 3.8) is 0 Å². The van der Waals surface area contributed by atoms with Gasteiger partial charge in [0.1, 0.15) is 5.60 Å². The van der Waals surface area contributed by atoms with Gasteiger partial charge in [0, 0.05) is 32.3 Å². The van der Waals surface area contributed by atoms with Gasteiger partial charge in [-0.1, -0.05) is 117 Å². The summed E-state index contributed by atoms with van der Waals surface area (Å²) in [7, 11) is 1.77. The van der Waals surface area contributed by atoms with E-state index in [1.165, 1.54) is 16.7 Å². The van der Waals surface area contributed by atoms with Gasteiger partial charge in [0.25, 0.3) is 0 Å². The molecule has 3 aromatic rings. The third-order valence-corrected chi connectivity index (χ3v) is 9.19. The minimum absolute atomic E-state index is 0.103. The molecule has 0 saturated carbocycles. The third kappa shape index (κ3) is 4.90. The van der Waals surface area contributed by atoms with Crippen molar-refractivity contribution in [1.29, 1.82) is 0 Å². The number of benzene rings is 3. The second kappa shape index (κ2) is 9.69. The van der Waals surface area contributed by atoms with Crippen LogP contribution in [-0.4, -0.2) is 7.11 Å². The molecule has 5 rings (SSSR count). The highest BCUT2D eigenvalue weighted by atomic mass is 79.9. The normalized spacial score (nSPS) is 30.5. The Kier molecular flexibility index (Phi) is 6.85. The number of hydrogen-bond acceptors (Lipinski definition) is 1. The molecule has 0 spiro atoms. The average molecular weight is 616 g/mol. The smallest absolute Gasteiger partial charge is 0.129 e. The lowest BCUT2D eigenvalue weighted by molar-refractivity contribution is 0.0698. The number of halogens is 2. The summed E-state index contributed by atoms with van der Waals surface area (Å²) in [5.41, 5.74) is 3.96. The van der Waals surface area contributed by atoms with E-state index >= 15 is 0 Å². The molecule has 188 valence electrons. The van der Waals surface area contributed by atoms with Crippen molar-refractivity contribution in [2.24, 2.45) is 0 Å². The second-order valence-electron chi connectivity index (χ2n) is 10.8. The van der Waals surface area contributed by atoms with Gasteiger partial charge in [-0.2, -0.15) is 0 Å². The summed E-state index contributed by atoms with van der Waals surface area (Å²) in [6.45, 7) is 6.80. The summed E-state index contributed by atoms with van der Waals surface area (Å²) in [5, 5.41) is 0. The van der Waals surface area contributed by atoms with Crippen molar-refractivity contribution in [3.05, 3.63) is 153 Å². The van der Waals surface area contributed by atoms with Gasteiger partial charge in [-0.05, 0) is 79.4 Å². The number of allylic oxidation sites excluding steroid dienone is 6. The predicted octanol–water partition coefficient (Wildman–Crippen LogP) is 9.48. The van der Waals surface area contributed by atoms with Gasteiger partial charge in [-0.25, -0.2) is 0 Å². The van der Waals surface area contributed by atoms with Crippen LogP contribution in [-0.2, 0) is 26.6 Å². The summed E-state index contributed by atoms with van der Waals surface area (Å²) >= 11 is 7.07. The van der Waals surface area contributed by atoms with Crippen LogP contribution in [0.15, 0.2) is 130 Å². The van der Waals surface area contributed by atoms with Gasteiger partial charge in [0.2, 0.25) is 0 Å². The molecule has 0 fully saturated rings. The lowest BCUT2D eigenvalue weighted by Gasteiger charge is -2.36. The molecule has 0 radical (unpaired) electrons. The van der Waals surface area contributed by atoms with E-state index in [0.29, 0.717) is 0 Å². The van der Waals surface area contributed by atoms with Crippen LogP contribution in [0.4, 0.5) is 0 Å². The predicted molar refractivity (Wildman–Crippen MR) is 162 cm³/mol. The molecule has 0 atom stereocenters. The first-order chi connectivity index (χ1) is 17.6. The van der Waals surface area contributed by atoms with E-state index in [2.05, 4.69) is 174 Å². The molecule has 0 unspecified atom stereocenters. The zero-order valence-electron chi connectivity index (χ0n) is 21.7. The third-order valence-electron chi connectivity index (χ3n) is 8.13. The van der Waals surface area contributed by atoms with Crippen LogP contribution in [0.2, 0.25) is 0 Å². The maximum absolute atomic E-state index is 5.99. The zero-order valence-corrected chi connectivity index (χ0v) is 24.9. The van der Waals surface area contributed by atoms with E-state index in [1.54, 1.807) is 7.11 Å². The van der Waals surface area contributed by atoms with Gasteiger partial charge in [0.15, 0.2) is 0 Å². The molecule has 0 aromatic heterocycles. The van der Waals surface area contributed by atoms with Crippen LogP contribution < -0.4 is 0 Å². The highest BCUT2D eigenvalue weighted by Crippen LogP contribution is 2.41. The van der Waals surface area contributed by atoms with E-state index in [9.17, 15) is 0 Å². The van der Waals surface area contributed by atoms with Crippen LogP contribution in [0, 0.1) is 0 Å². The Balaban J connectivity index is 1.37. The van der Waals surface area contributed by atoms with E-state index in [0.717, 1.165) is 14.5 Å². The molecule has 3 aromatic carbocycles. The quantitative estimate of drug-likeness (QED) is 0.260. The van der Waals surface area contributed by atoms with Gasteiger partial charge in [0.05, 0.1) is 0 Å². The molecule has 0 saturated heterocycles. The number of rotatable bonds is 5. The Hall–Kier alpha value is -2.46. The summed E-state index contributed by atoms with van der Waals surface area (Å²) < 4.78 is 8.16. The summed E-state index contributed by atoms with van der Waals surface area (Å²) in [6, 6.07) is 26.0. The summed E-state index contributed by atoms with van der Waals surface area (Å²) in [4.78, 5) is 0. The fraction of sp³-hybridized carbons (Fsp3) is 0.235. The van der Waals surface area contributed by atoms with Crippen molar-refractivity contribution < 1.29 is 4.74 Å². The molecule has 0 N–H and O–H groups in total. The number of ether oxygens (including phenoxy) is 1. The maximum Gasteiger partial charge on any atom is 0.129 e. The van der Waals surface area contributed by atoms with Gasteiger partial charge in [-0.3, -0.25) is 0 Å². The van der Waals surface area contributed by atoms with Gasteiger partial charge >= 0.3 is 0 Å². The zero-order chi connectivity index (χ0) is 26.3. The fourth-order valence-corrected chi connectivity index (χ4v) is 5.77. The molecular weight excluding hydrogens is 584 g/mol. The molecule has 2 aliphatic rings. The highest BCUT2D eigenvalue weighted by Gasteiger charge is 2.34. The van der Waals surface area contributed by atoms with Crippen LogP contribution >= 0.6 is 31.9 Å². The molecular formula is C34H32Br2O. The first-order valence-corrected chi connectivity index (χ1v) is 14.2. The lowest BCUT2D eigenvalue weighted by atomic mass is 9.70. The van der Waals surface area contributed by atoms with Crippen molar-refractivity contribution in [2.45, 2.75) is 42.6 Å². The van der Waals surface area contributed by atoms with Crippen molar-refractivity contribution in [2.75, 3.05) is 7.11 Å². The Morgan fingerprint density at radius 1 is 0.432 bits per heavy atom. The van der Waals surface area contributed by atoms with E-state index in [-0.39, 0.29) is 16.2 Å². The minimum atomic E-state index is -0.549. The minimum Gasteiger partial charge on any atom is -0.365 e. The monoisotopic (exact) mass is 614 g/mol. The standard InChI is InChI=1S/C34H32Br2O/c1-31(17-19-32(2,20-18-31)27-9-13-29(35)14-10-27)25-5-7-26(8-6-25)33(3)21-23-34(37-4,24-22-33)28-11-15-30(36)16-12-28/h5-24H,1-4H3. The molecule has 0 aliphatic heterocycles. The lowest BCUT2D eigenvalue weighted by Crippen LogP contribution is -2.30. The molecule has 37 heavy (non-hydrogen) atoms. The van der Waals surface area contributed by atoms with Crippen LogP contribution in [0.25, 0.3) is 0 Å². The number of hydrogen-bond donors (Lipinski definition) is 0. The topological polar surface area (TPSA) is 9.23 Å². The Labute approximate surface area is 237 Å². The first kappa shape index (κ1) is 26.2. The Morgan fingerprint density at radius 2 is 0.703 bits per heavy atom. The maximum atomic E-state index is 5.99. The van der Waals surface area contributed by atoms with E-state index in [4.69, 9.17) is 4.74 Å².